The Morgan fingerprint density at radius 1 is 1.06 bits per heavy atom. The summed E-state index contributed by atoms with van der Waals surface area (Å²) in [5, 5.41) is 0. The number of rotatable bonds is 2. The second-order valence-corrected chi connectivity index (χ2v) is 3.67. The standard InChI is InChI=1S/C14H12N2O/c1-11-4-6-12(7-5-11)13(17)10-14-15-8-2-3-9-16-14/h2-10H,1H3. The van der Waals surface area contributed by atoms with E-state index in [0.29, 0.717) is 11.4 Å². The van der Waals surface area contributed by atoms with Gasteiger partial charge in [0.05, 0.1) is 0 Å². The van der Waals surface area contributed by atoms with E-state index in [2.05, 4.69) is 9.98 Å². The number of carbonyl (C=O) groups is 1. The smallest absolute Gasteiger partial charge is 0.189 e. The molecule has 17 heavy (non-hydrogen) atoms. The van der Waals surface area contributed by atoms with E-state index in [1.807, 2.05) is 19.1 Å². The third-order valence-electron chi connectivity index (χ3n) is 2.29. The molecular weight excluding hydrogens is 212 g/mol. The van der Waals surface area contributed by atoms with Crippen molar-refractivity contribution in [2.45, 2.75) is 6.92 Å². The van der Waals surface area contributed by atoms with Gasteiger partial charge in [-0.3, -0.25) is 4.79 Å². The molecule has 1 heterocycles. The molecule has 0 aliphatic carbocycles. The van der Waals surface area contributed by atoms with Crippen LogP contribution in [0.2, 0.25) is 0 Å². The fraction of sp³-hybridized carbons (Fsp3) is 0.0714. The van der Waals surface area contributed by atoms with E-state index >= 15 is 0 Å². The Balaban J connectivity index is 2.21. The molecule has 0 N–H and O–H groups in total. The lowest BCUT2D eigenvalue weighted by Gasteiger charge is -1.97. The summed E-state index contributed by atoms with van der Waals surface area (Å²) in [7, 11) is 0. The third kappa shape index (κ3) is 3.08. The Bertz CT molecular complexity index is 516. The minimum Gasteiger partial charge on any atom is -0.289 e. The highest BCUT2D eigenvalue weighted by molar-refractivity contribution is 6.05. The molecule has 0 saturated heterocycles. The van der Waals surface area contributed by atoms with Crippen LogP contribution in [0.25, 0.3) is 0 Å². The Labute approximate surface area is 99.9 Å². The molecule has 0 spiro atoms. The molecule has 1 aliphatic heterocycles. The van der Waals surface area contributed by atoms with Gasteiger partial charge in [-0.25, -0.2) is 9.98 Å². The molecule has 3 nitrogen and oxygen atoms in total. The van der Waals surface area contributed by atoms with E-state index in [1.54, 1.807) is 36.7 Å². The Morgan fingerprint density at radius 3 is 2.24 bits per heavy atom. The summed E-state index contributed by atoms with van der Waals surface area (Å²) in [4.78, 5) is 20.0. The molecule has 1 aromatic carbocycles. The molecule has 0 bridgehead atoms. The highest BCUT2D eigenvalue weighted by Gasteiger charge is 2.03. The molecule has 1 aliphatic rings. The van der Waals surface area contributed by atoms with Crippen LogP contribution < -0.4 is 0 Å². The molecule has 0 amide bonds. The van der Waals surface area contributed by atoms with Gasteiger partial charge in [0.2, 0.25) is 0 Å². The minimum absolute atomic E-state index is 0.0869. The van der Waals surface area contributed by atoms with Crippen molar-refractivity contribution in [3.05, 3.63) is 59.4 Å². The molecule has 3 heteroatoms. The number of carbonyl (C=O) groups excluding carboxylic acids is 1. The fourth-order valence-electron chi connectivity index (χ4n) is 1.36. The largest absolute Gasteiger partial charge is 0.289 e. The first-order valence-corrected chi connectivity index (χ1v) is 5.32. The van der Waals surface area contributed by atoms with Gasteiger partial charge in [-0.1, -0.05) is 29.8 Å². The lowest BCUT2D eigenvalue weighted by molar-refractivity contribution is 0.104. The van der Waals surface area contributed by atoms with Crippen LogP contribution >= 0.6 is 0 Å². The quantitative estimate of drug-likeness (QED) is 0.562. The van der Waals surface area contributed by atoms with Gasteiger partial charge in [-0.2, -0.15) is 0 Å². The highest BCUT2D eigenvalue weighted by Crippen LogP contribution is 2.08. The van der Waals surface area contributed by atoms with Crippen LogP contribution in [0.5, 0.6) is 0 Å². The van der Waals surface area contributed by atoms with E-state index in [9.17, 15) is 4.79 Å². The van der Waals surface area contributed by atoms with Crippen molar-refractivity contribution in [3.8, 4) is 0 Å². The van der Waals surface area contributed by atoms with Gasteiger partial charge in [0.15, 0.2) is 11.6 Å². The number of benzene rings is 1. The van der Waals surface area contributed by atoms with Crippen LogP contribution in [0.3, 0.4) is 0 Å². The van der Waals surface area contributed by atoms with Crippen LogP contribution in [0.1, 0.15) is 15.9 Å². The predicted octanol–water partition coefficient (Wildman–Crippen LogP) is 2.73. The minimum atomic E-state index is -0.0869. The van der Waals surface area contributed by atoms with Crippen LogP contribution in [0.4, 0.5) is 0 Å². The molecule has 2 rings (SSSR count). The summed E-state index contributed by atoms with van der Waals surface area (Å²) < 4.78 is 0. The fourth-order valence-corrected chi connectivity index (χ4v) is 1.36. The van der Waals surface area contributed by atoms with Crippen molar-refractivity contribution >= 4 is 18.2 Å². The first-order valence-electron chi connectivity index (χ1n) is 5.32. The number of hydrogen-bond acceptors (Lipinski definition) is 3. The summed E-state index contributed by atoms with van der Waals surface area (Å²) in [5.74, 6) is 0.330. The van der Waals surface area contributed by atoms with Gasteiger partial charge in [0.1, 0.15) is 0 Å². The second-order valence-electron chi connectivity index (χ2n) is 3.67. The molecule has 0 fully saturated rings. The van der Waals surface area contributed by atoms with Gasteiger partial charge in [0, 0.05) is 24.1 Å². The van der Waals surface area contributed by atoms with Crippen LogP contribution in [-0.2, 0) is 0 Å². The summed E-state index contributed by atoms with van der Waals surface area (Å²) in [6, 6.07) is 7.42. The van der Waals surface area contributed by atoms with Gasteiger partial charge < -0.3 is 0 Å². The zero-order valence-corrected chi connectivity index (χ0v) is 9.50. The van der Waals surface area contributed by atoms with Crippen molar-refractivity contribution in [3.63, 3.8) is 0 Å². The third-order valence-corrected chi connectivity index (χ3v) is 2.29. The van der Waals surface area contributed by atoms with Crippen molar-refractivity contribution < 1.29 is 4.79 Å². The summed E-state index contributed by atoms with van der Waals surface area (Å²) in [6.07, 6.45) is 8.19. The molecule has 0 unspecified atom stereocenters. The summed E-state index contributed by atoms with van der Waals surface area (Å²) >= 11 is 0. The maximum atomic E-state index is 11.9. The summed E-state index contributed by atoms with van der Waals surface area (Å²) in [5.41, 5.74) is 1.77. The van der Waals surface area contributed by atoms with E-state index < -0.39 is 0 Å². The molecule has 0 atom stereocenters. The van der Waals surface area contributed by atoms with Crippen LogP contribution in [-0.4, -0.2) is 18.2 Å². The summed E-state index contributed by atoms with van der Waals surface area (Å²) in [6.45, 7) is 1.98. The van der Waals surface area contributed by atoms with E-state index in [0.717, 1.165) is 5.56 Å². The molecule has 0 radical (unpaired) electrons. The van der Waals surface area contributed by atoms with Gasteiger partial charge in [-0.15, -0.1) is 0 Å². The van der Waals surface area contributed by atoms with Crippen molar-refractivity contribution in [2.24, 2.45) is 9.98 Å². The Morgan fingerprint density at radius 2 is 1.65 bits per heavy atom. The van der Waals surface area contributed by atoms with Crippen molar-refractivity contribution in [2.75, 3.05) is 0 Å². The number of hydrogen-bond donors (Lipinski definition) is 0. The van der Waals surface area contributed by atoms with Crippen molar-refractivity contribution in [1.82, 2.24) is 0 Å². The van der Waals surface area contributed by atoms with Crippen LogP contribution in [0.15, 0.2) is 58.3 Å². The number of aliphatic imine (C=N–C) groups is 2. The second kappa shape index (κ2) is 5.16. The monoisotopic (exact) mass is 224 g/mol. The molecule has 84 valence electrons. The van der Waals surface area contributed by atoms with Crippen molar-refractivity contribution in [1.29, 1.82) is 0 Å². The zero-order chi connectivity index (χ0) is 12.1. The van der Waals surface area contributed by atoms with Gasteiger partial charge in [0.25, 0.3) is 0 Å². The first kappa shape index (κ1) is 11.2. The van der Waals surface area contributed by atoms with Gasteiger partial charge >= 0.3 is 0 Å². The number of ketones is 1. The number of aryl methyl sites for hydroxylation is 1. The predicted molar refractivity (Wildman–Crippen MR) is 69.7 cm³/mol. The maximum Gasteiger partial charge on any atom is 0.189 e. The first-order chi connectivity index (χ1) is 8.25. The number of allylic oxidation sites excluding steroid dienone is 3. The average molecular weight is 224 g/mol. The highest BCUT2D eigenvalue weighted by atomic mass is 16.1. The van der Waals surface area contributed by atoms with Crippen LogP contribution in [0, 0.1) is 6.92 Å². The Kier molecular flexibility index (Phi) is 3.40. The molecule has 1 aromatic rings. The van der Waals surface area contributed by atoms with E-state index in [4.69, 9.17) is 0 Å². The maximum absolute atomic E-state index is 11.9. The van der Waals surface area contributed by atoms with E-state index in [-0.39, 0.29) is 5.78 Å². The van der Waals surface area contributed by atoms with E-state index in [1.165, 1.54) is 6.08 Å². The molecular formula is C14H12N2O. The lowest BCUT2D eigenvalue weighted by atomic mass is 10.1. The number of nitrogens with zero attached hydrogens (tertiary/aromatic N) is 2. The average Bonchev–Trinajstić information content (AvgIpc) is 2.58. The lowest BCUT2D eigenvalue weighted by Crippen LogP contribution is -1.95. The van der Waals surface area contributed by atoms with Gasteiger partial charge in [-0.05, 0) is 19.1 Å². The molecule has 0 saturated carbocycles. The SMILES string of the molecule is Cc1ccc(C(=O)C=C2N=CC=CC=N2)cc1. The normalized spacial score (nSPS) is 13.6. The topological polar surface area (TPSA) is 41.8 Å². The zero-order valence-electron chi connectivity index (χ0n) is 9.50. The molecule has 0 aromatic heterocycles. The Hall–Kier alpha value is -2.29.